The molecule has 1 heterocycles. The summed E-state index contributed by atoms with van der Waals surface area (Å²) < 4.78 is 10.7. The van der Waals surface area contributed by atoms with Crippen LogP contribution in [-0.2, 0) is 4.79 Å². The topological polar surface area (TPSA) is 94.6 Å². The summed E-state index contributed by atoms with van der Waals surface area (Å²) in [5.41, 5.74) is 4.95. The minimum Gasteiger partial charge on any atom is -0.472 e. The van der Waals surface area contributed by atoms with Crippen molar-refractivity contribution in [1.82, 2.24) is 5.32 Å². The van der Waals surface area contributed by atoms with E-state index in [0.717, 1.165) is 11.8 Å². The number of hydrogen-bond donors (Lipinski definition) is 2. The lowest BCUT2D eigenvalue weighted by Crippen LogP contribution is -2.47. The third kappa shape index (κ3) is 5.70. The number of furan rings is 1. The predicted octanol–water partition coefficient (Wildman–Crippen LogP) is 3.32. The highest BCUT2D eigenvalue weighted by Crippen LogP contribution is 2.32. The van der Waals surface area contributed by atoms with Gasteiger partial charge in [-0.2, -0.15) is 0 Å². The van der Waals surface area contributed by atoms with E-state index in [9.17, 15) is 9.59 Å². The van der Waals surface area contributed by atoms with Gasteiger partial charge in [-0.3, -0.25) is 9.59 Å². The van der Waals surface area contributed by atoms with Gasteiger partial charge in [0, 0.05) is 0 Å². The maximum atomic E-state index is 12.4. The molecule has 1 aromatic carbocycles. The number of nitrogens with two attached hydrogens (primary N) is 1. The lowest BCUT2D eigenvalue weighted by Gasteiger charge is -2.32. The predicted molar refractivity (Wildman–Crippen MR) is 102 cm³/mol. The third-order valence-corrected chi connectivity index (χ3v) is 4.82. The van der Waals surface area contributed by atoms with E-state index < -0.39 is 16.2 Å². The molecule has 0 aliphatic heterocycles. The lowest BCUT2D eigenvalue weighted by atomic mass is 10.2. The Balaban J connectivity index is 2.17. The first-order valence-corrected chi connectivity index (χ1v) is 8.96. The average molecular weight is 374 g/mol. The number of rotatable bonds is 9. The number of para-hydroxylation sites is 1. The van der Waals surface area contributed by atoms with Gasteiger partial charge in [-0.1, -0.05) is 42.1 Å². The molecule has 7 heteroatoms. The Bertz CT molecular complexity index is 746. The van der Waals surface area contributed by atoms with E-state index in [0.29, 0.717) is 17.7 Å². The SMILES string of the molecule is C/C=C\CC(C)(NC(=O)c1ccoc1)SC(Oc1ccccc1)C(N)=O. The van der Waals surface area contributed by atoms with E-state index >= 15 is 0 Å². The highest BCUT2D eigenvalue weighted by Gasteiger charge is 2.34. The summed E-state index contributed by atoms with van der Waals surface area (Å²) in [7, 11) is 0. The first-order valence-electron chi connectivity index (χ1n) is 8.08. The van der Waals surface area contributed by atoms with Crippen molar-refractivity contribution >= 4 is 23.6 Å². The monoisotopic (exact) mass is 374 g/mol. The molecule has 0 saturated carbocycles. The molecule has 2 amide bonds. The molecule has 1 aromatic heterocycles. The number of primary amides is 1. The van der Waals surface area contributed by atoms with Crippen LogP contribution in [0.25, 0.3) is 0 Å². The van der Waals surface area contributed by atoms with Gasteiger partial charge >= 0.3 is 0 Å². The van der Waals surface area contributed by atoms with Crippen molar-refractivity contribution in [3.05, 3.63) is 66.6 Å². The highest BCUT2D eigenvalue weighted by molar-refractivity contribution is 8.01. The summed E-state index contributed by atoms with van der Waals surface area (Å²) in [4.78, 5) is 23.5. The van der Waals surface area contributed by atoms with Crippen molar-refractivity contribution in [2.45, 2.75) is 30.6 Å². The van der Waals surface area contributed by atoms with Crippen LogP contribution in [0.5, 0.6) is 5.75 Å². The Morgan fingerprint density at radius 2 is 2.08 bits per heavy atom. The van der Waals surface area contributed by atoms with Gasteiger partial charge in [0.25, 0.3) is 11.8 Å². The fourth-order valence-electron chi connectivity index (χ4n) is 2.18. The quantitative estimate of drug-likeness (QED) is 0.519. The summed E-state index contributed by atoms with van der Waals surface area (Å²) in [5, 5.41) is 2.93. The van der Waals surface area contributed by atoms with E-state index in [1.54, 1.807) is 30.3 Å². The molecule has 0 saturated heterocycles. The second-order valence-corrected chi connectivity index (χ2v) is 7.32. The Morgan fingerprint density at radius 1 is 1.35 bits per heavy atom. The van der Waals surface area contributed by atoms with Crippen molar-refractivity contribution in [1.29, 1.82) is 0 Å². The Hall–Kier alpha value is -2.67. The largest absolute Gasteiger partial charge is 0.472 e. The second kappa shape index (κ2) is 9.15. The number of thioether (sulfide) groups is 1. The number of carbonyl (C=O) groups excluding carboxylic acids is 2. The molecular weight excluding hydrogens is 352 g/mol. The smallest absolute Gasteiger partial charge is 0.269 e. The summed E-state index contributed by atoms with van der Waals surface area (Å²) >= 11 is 1.15. The normalized spacial score (nSPS) is 14.5. The Morgan fingerprint density at radius 3 is 2.65 bits per heavy atom. The van der Waals surface area contributed by atoms with E-state index in [2.05, 4.69) is 5.32 Å². The Labute approximate surface area is 156 Å². The lowest BCUT2D eigenvalue weighted by molar-refractivity contribution is -0.121. The van der Waals surface area contributed by atoms with Crippen LogP contribution in [0.2, 0.25) is 0 Å². The molecule has 138 valence electrons. The number of allylic oxidation sites excluding steroid dienone is 1. The zero-order chi connectivity index (χ0) is 19.0. The van der Waals surface area contributed by atoms with Crippen molar-refractivity contribution in [3.8, 4) is 5.75 Å². The van der Waals surface area contributed by atoms with Gasteiger partial charge in [0.1, 0.15) is 12.0 Å². The zero-order valence-electron chi connectivity index (χ0n) is 14.7. The first-order chi connectivity index (χ1) is 12.4. The van der Waals surface area contributed by atoms with E-state index in [4.69, 9.17) is 14.9 Å². The standard InChI is InChI=1S/C19H22N2O4S/c1-3-4-11-19(2,21-17(23)14-10-12-24-13-14)26-18(16(20)22)25-15-8-6-5-7-9-15/h3-10,12-13,18H,11H2,1-2H3,(H2,20,22)(H,21,23)/b4-3-. The molecule has 0 fully saturated rings. The molecule has 0 aliphatic carbocycles. The number of benzene rings is 1. The van der Waals surface area contributed by atoms with Crippen molar-refractivity contribution < 1.29 is 18.7 Å². The van der Waals surface area contributed by atoms with Crippen LogP contribution in [0.4, 0.5) is 0 Å². The van der Waals surface area contributed by atoms with Crippen LogP contribution in [0.3, 0.4) is 0 Å². The van der Waals surface area contributed by atoms with Gasteiger partial charge in [0.2, 0.25) is 5.44 Å². The van der Waals surface area contributed by atoms with Crippen LogP contribution in [-0.4, -0.2) is 22.1 Å². The van der Waals surface area contributed by atoms with Crippen molar-refractivity contribution in [2.24, 2.45) is 5.73 Å². The van der Waals surface area contributed by atoms with Crippen LogP contribution in [0.15, 0.2) is 65.5 Å². The van der Waals surface area contributed by atoms with Gasteiger partial charge in [-0.25, -0.2) is 0 Å². The Kier molecular flexibility index (Phi) is 6.91. The molecule has 2 atom stereocenters. The first kappa shape index (κ1) is 19.7. The van der Waals surface area contributed by atoms with E-state index in [1.807, 2.05) is 32.1 Å². The number of ether oxygens (including phenoxy) is 1. The molecule has 2 aromatic rings. The number of hydrogen-bond acceptors (Lipinski definition) is 5. The minimum absolute atomic E-state index is 0.304. The third-order valence-electron chi connectivity index (χ3n) is 3.49. The maximum absolute atomic E-state index is 12.4. The summed E-state index contributed by atoms with van der Waals surface area (Å²) in [5.74, 6) is -0.400. The molecule has 2 unspecified atom stereocenters. The molecule has 3 N–H and O–H groups in total. The van der Waals surface area contributed by atoms with Gasteiger partial charge in [-0.15, -0.1) is 0 Å². The minimum atomic E-state index is -0.961. The van der Waals surface area contributed by atoms with Crippen molar-refractivity contribution in [3.63, 3.8) is 0 Å². The van der Waals surface area contributed by atoms with Crippen molar-refractivity contribution in [2.75, 3.05) is 0 Å². The molecule has 0 radical (unpaired) electrons. The molecule has 0 bridgehead atoms. The summed E-state index contributed by atoms with van der Waals surface area (Å²) in [6.07, 6.45) is 7.06. The zero-order valence-corrected chi connectivity index (χ0v) is 15.5. The molecule has 0 spiro atoms. The molecular formula is C19H22N2O4S. The molecule has 6 nitrogen and oxygen atoms in total. The van der Waals surface area contributed by atoms with Gasteiger partial charge in [0.15, 0.2) is 0 Å². The molecule has 0 aliphatic rings. The van der Waals surface area contributed by atoms with Crippen LogP contribution < -0.4 is 15.8 Å². The van der Waals surface area contributed by atoms with Gasteiger partial charge in [0.05, 0.1) is 16.7 Å². The van der Waals surface area contributed by atoms with Crippen LogP contribution in [0.1, 0.15) is 30.6 Å². The fraction of sp³-hybridized carbons (Fsp3) is 0.263. The van der Waals surface area contributed by atoms with Crippen LogP contribution >= 0.6 is 11.8 Å². The summed E-state index contributed by atoms with van der Waals surface area (Å²) in [6.45, 7) is 3.70. The second-order valence-electron chi connectivity index (χ2n) is 5.75. The maximum Gasteiger partial charge on any atom is 0.269 e. The van der Waals surface area contributed by atoms with Crippen LogP contribution in [0, 0.1) is 0 Å². The number of nitrogens with one attached hydrogen (secondary N) is 1. The van der Waals surface area contributed by atoms with Gasteiger partial charge in [-0.05, 0) is 38.5 Å². The van der Waals surface area contributed by atoms with E-state index in [1.165, 1.54) is 12.5 Å². The summed E-state index contributed by atoms with van der Waals surface area (Å²) in [6, 6.07) is 10.5. The average Bonchev–Trinajstić information content (AvgIpc) is 3.15. The van der Waals surface area contributed by atoms with E-state index in [-0.39, 0.29) is 5.91 Å². The molecule has 2 rings (SSSR count). The fourth-order valence-corrected chi connectivity index (χ4v) is 3.27. The molecule has 26 heavy (non-hydrogen) atoms. The number of carbonyl (C=O) groups is 2. The van der Waals surface area contributed by atoms with Gasteiger partial charge < -0.3 is 20.2 Å². The highest BCUT2D eigenvalue weighted by atomic mass is 32.2. The number of amides is 2.